The van der Waals surface area contributed by atoms with Crippen LogP contribution in [0.25, 0.3) is 0 Å². The number of aromatic nitrogens is 2. The van der Waals surface area contributed by atoms with Crippen molar-refractivity contribution in [1.29, 1.82) is 0 Å². The Morgan fingerprint density at radius 2 is 1.77 bits per heavy atom. The van der Waals surface area contributed by atoms with Crippen molar-refractivity contribution in [1.82, 2.24) is 19.8 Å². The average Bonchev–Trinajstić information content (AvgIpc) is 3.37. The number of carbonyl (C=O) groups excluding carboxylic acids is 1. The van der Waals surface area contributed by atoms with Crippen molar-refractivity contribution >= 4 is 23.2 Å². The zero-order chi connectivity index (χ0) is 22.4. The van der Waals surface area contributed by atoms with Gasteiger partial charge in [0.25, 0.3) is 5.91 Å². The number of pyridine rings is 1. The summed E-state index contributed by atoms with van der Waals surface area (Å²) in [5.74, 6) is -2.62. The highest BCUT2D eigenvalue weighted by Gasteiger charge is 2.38. The first-order valence-electron chi connectivity index (χ1n) is 9.94. The van der Waals surface area contributed by atoms with Crippen LogP contribution in [-0.2, 0) is 24.2 Å². The van der Waals surface area contributed by atoms with Gasteiger partial charge in [-0.1, -0.05) is 6.07 Å². The lowest BCUT2D eigenvalue weighted by Crippen LogP contribution is -2.28. The fraction of sp³-hybridized carbons (Fsp3) is 0.500. The number of carbonyl (C=O) groups is 2. The summed E-state index contributed by atoms with van der Waals surface area (Å²) in [6, 6.07) is 6.06. The Balaban J connectivity index is 0.000000339. The fourth-order valence-corrected chi connectivity index (χ4v) is 4.50. The van der Waals surface area contributed by atoms with Gasteiger partial charge >= 0.3 is 12.1 Å². The lowest BCUT2D eigenvalue weighted by atomic mass is 10.2. The Hall–Kier alpha value is -2.53. The van der Waals surface area contributed by atoms with Crippen LogP contribution in [0.4, 0.5) is 13.2 Å². The predicted octanol–water partition coefficient (Wildman–Crippen LogP) is 3.01. The maximum absolute atomic E-state index is 12.5. The topological polar surface area (TPSA) is 86.6 Å². The summed E-state index contributed by atoms with van der Waals surface area (Å²) in [5.41, 5.74) is 2.24. The Kier molecular flexibility index (Phi) is 7.60. The molecule has 1 saturated heterocycles. The fourth-order valence-electron chi connectivity index (χ4n) is 3.44. The van der Waals surface area contributed by atoms with Gasteiger partial charge in [0.2, 0.25) is 0 Å². The quantitative estimate of drug-likeness (QED) is 0.764. The molecular formula is C20H23F3N4O3S. The first-order chi connectivity index (χ1) is 14.7. The van der Waals surface area contributed by atoms with E-state index >= 15 is 0 Å². The van der Waals surface area contributed by atoms with E-state index < -0.39 is 12.1 Å². The van der Waals surface area contributed by atoms with E-state index in [4.69, 9.17) is 9.90 Å². The summed E-state index contributed by atoms with van der Waals surface area (Å²) in [5, 5.41) is 7.82. The maximum atomic E-state index is 12.5. The van der Waals surface area contributed by atoms with Gasteiger partial charge in [0.15, 0.2) is 5.01 Å². The number of carboxylic acid groups (broad SMARTS) is 1. The van der Waals surface area contributed by atoms with Crippen LogP contribution in [-0.4, -0.2) is 69.1 Å². The summed E-state index contributed by atoms with van der Waals surface area (Å²) in [4.78, 5) is 36.2. The number of rotatable bonds is 3. The smallest absolute Gasteiger partial charge is 0.475 e. The van der Waals surface area contributed by atoms with Gasteiger partial charge < -0.3 is 10.0 Å². The Bertz CT molecular complexity index is 873. The molecule has 31 heavy (non-hydrogen) atoms. The molecule has 0 spiro atoms. The Morgan fingerprint density at radius 3 is 2.39 bits per heavy atom. The van der Waals surface area contributed by atoms with E-state index in [1.165, 1.54) is 4.88 Å². The monoisotopic (exact) mass is 456 g/mol. The van der Waals surface area contributed by atoms with Gasteiger partial charge in [-0.25, -0.2) is 9.78 Å². The van der Waals surface area contributed by atoms with Gasteiger partial charge in [0.1, 0.15) is 0 Å². The number of hydrogen-bond acceptors (Lipinski definition) is 6. The predicted molar refractivity (Wildman–Crippen MR) is 108 cm³/mol. The van der Waals surface area contributed by atoms with Gasteiger partial charge in [0.05, 0.1) is 11.4 Å². The molecule has 168 valence electrons. The van der Waals surface area contributed by atoms with Gasteiger partial charge in [-0.05, 0) is 31.4 Å². The molecule has 0 aliphatic carbocycles. The molecule has 1 N–H and O–H groups in total. The second kappa shape index (κ2) is 10.2. The van der Waals surface area contributed by atoms with E-state index in [1.54, 1.807) is 11.3 Å². The number of alkyl halides is 3. The molecule has 1 amide bonds. The lowest BCUT2D eigenvalue weighted by molar-refractivity contribution is -0.192. The standard InChI is InChI=1S/C18H22N4OS.C2HF3O2/c23-18(22-9-3-4-10-22)17-20-15-6-11-21(12-7-16(15)24-17)13-14-5-1-2-8-19-14;3-2(4,5)1(6)7/h1-2,5,8H,3-4,6-7,9-13H2;(H,6,7). The molecule has 0 atom stereocenters. The maximum Gasteiger partial charge on any atom is 0.490 e. The largest absolute Gasteiger partial charge is 0.490 e. The second-order valence-electron chi connectivity index (χ2n) is 7.29. The minimum Gasteiger partial charge on any atom is -0.475 e. The molecule has 2 aromatic rings. The third-order valence-electron chi connectivity index (χ3n) is 5.03. The van der Waals surface area contributed by atoms with Crippen LogP contribution < -0.4 is 0 Å². The normalized spacial score (nSPS) is 16.8. The van der Waals surface area contributed by atoms with Crippen molar-refractivity contribution in [3.63, 3.8) is 0 Å². The third kappa shape index (κ3) is 6.47. The zero-order valence-electron chi connectivity index (χ0n) is 16.8. The van der Waals surface area contributed by atoms with Gasteiger partial charge in [0, 0.05) is 50.2 Å². The number of nitrogens with zero attached hydrogens (tertiary/aromatic N) is 4. The van der Waals surface area contributed by atoms with Crippen LogP contribution in [0.1, 0.15) is 38.9 Å². The van der Waals surface area contributed by atoms with Crippen molar-refractivity contribution in [3.8, 4) is 0 Å². The van der Waals surface area contributed by atoms with Crippen molar-refractivity contribution in [2.75, 3.05) is 26.2 Å². The number of carboxylic acids is 1. The number of fused-ring (bicyclic) bond motifs is 1. The van der Waals surface area contributed by atoms with Crippen LogP contribution in [0.3, 0.4) is 0 Å². The van der Waals surface area contributed by atoms with E-state index in [2.05, 4.69) is 20.9 Å². The van der Waals surface area contributed by atoms with Gasteiger partial charge in [-0.2, -0.15) is 13.2 Å². The molecule has 2 aromatic heterocycles. The molecule has 7 nitrogen and oxygen atoms in total. The Morgan fingerprint density at radius 1 is 1.10 bits per heavy atom. The van der Waals surface area contributed by atoms with E-state index in [0.717, 1.165) is 69.8 Å². The third-order valence-corrected chi connectivity index (χ3v) is 6.17. The molecule has 0 unspecified atom stereocenters. The van der Waals surface area contributed by atoms with Crippen LogP contribution in [0.15, 0.2) is 24.4 Å². The van der Waals surface area contributed by atoms with Gasteiger partial charge in [-0.15, -0.1) is 11.3 Å². The van der Waals surface area contributed by atoms with E-state index in [0.29, 0.717) is 5.01 Å². The molecule has 4 heterocycles. The summed E-state index contributed by atoms with van der Waals surface area (Å²) in [6.45, 7) is 4.64. The number of aliphatic carboxylic acids is 1. The van der Waals surface area contributed by atoms with Crippen LogP contribution in [0, 0.1) is 0 Å². The van der Waals surface area contributed by atoms with E-state index in [9.17, 15) is 18.0 Å². The van der Waals surface area contributed by atoms with Gasteiger partial charge in [-0.3, -0.25) is 14.7 Å². The van der Waals surface area contributed by atoms with Crippen molar-refractivity contribution in [2.24, 2.45) is 0 Å². The minimum atomic E-state index is -5.08. The first kappa shape index (κ1) is 23.1. The first-order valence-corrected chi connectivity index (χ1v) is 10.8. The van der Waals surface area contributed by atoms with Crippen LogP contribution in [0.2, 0.25) is 0 Å². The summed E-state index contributed by atoms with van der Waals surface area (Å²) in [7, 11) is 0. The van der Waals surface area contributed by atoms with Crippen molar-refractivity contribution in [2.45, 2.75) is 38.4 Å². The highest BCUT2D eigenvalue weighted by molar-refractivity contribution is 7.13. The highest BCUT2D eigenvalue weighted by Crippen LogP contribution is 2.25. The highest BCUT2D eigenvalue weighted by atomic mass is 32.1. The molecule has 0 aromatic carbocycles. The molecule has 4 rings (SSSR count). The molecule has 0 bridgehead atoms. The molecule has 11 heteroatoms. The van der Waals surface area contributed by atoms with E-state index in [1.807, 2.05) is 23.2 Å². The van der Waals surface area contributed by atoms with Crippen molar-refractivity contribution in [3.05, 3.63) is 45.7 Å². The van der Waals surface area contributed by atoms with Crippen molar-refractivity contribution < 1.29 is 27.9 Å². The Labute approximate surface area is 181 Å². The number of hydrogen-bond donors (Lipinski definition) is 1. The average molecular weight is 456 g/mol. The molecule has 0 saturated carbocycles. The van der Waals surface area contributed by atoms with Crippen LogP contribution >= 0.6 is 11.3 Å². The number of thiazole rings is 1. The molecule has 2 aliphatic heterocycles. The summed E-state index contributed by atoms with van der Waals surface area (Å²) < 4.78 is 31.7. The summed E-state index contributed by atoms with van der Waals surface area (Å²) >= 11 is 1.61. The number of likely N-dealkylation sites (tertiary alicyclic amines) is 1. The molecule has 0 radical (unpaired) electrons. The minimum absolute atomic E-state index is 0.135. The number of halogens is 3. The summed E-state index contributed by atoms with van der Waals surface area (Å²) in [6.07, 6.45) is 0.916. The SMILES string of the molecule is O=C(O)C(F)(F)F.O=C(c1nc2c(s1)CCN(Cc1ccccn1)CC2)N1CCCC1. The molecular weight excluding hydrogens is 433 g/mol. The number of amides is 1. The second-order valence-corrected chi connectivity index (χ2v) is 8.37. The van der Waals surface area contributed by atoms with E-state index in [-0.39, 0.29) is 5.91 Å². The lowest BCUT2D eigenvalue weighted by Gasteiger charge is -2.19. The van der Waals surface area contributed by atoms with Crippen LogP contribution in [0.5, 0.6) is 0 Å². The zero-order valence-corrected chi connectivity index (χ0v) is 17.6. The molecule has 2 aliphatic rings. The molecule has 1 fully saturated rings.